The average molecular weight is 429 g/mol. The Bertz CT molecular complexity index is 992. The minimum Gasteiger partial charge on any atom is -0.323 e. The summed E-state index contributed by atoms with van der Waals surface area (Å²) in [5.41, 5.74) is 2.36. The molecule has 0 bridgehead atoms. The van der Waals surface area contributed by atoms with E-state index in [9.17, 15) is 14.4 Å². The zero-order valence-electron chi connectivity index (χ0n) is 13.6. The SMILES string of the molecule is Cc1cnc2cccc(N(CP(=O)(O)O)Sc3cc(Cl)cc(Cl)c3)c2c1. The molecule has 0 spiro atoms. The van der Waals surface area contributed by atoms with E-state index in [2.05, 4.69) is 4.98 Å². The summed E-state index contributed by atoms with van der Waals surface area (Å²) in [7, 11) is -4.32. The van der Waals surface area contributed by atoms with Crippen molar-refractivity contribution in [3.05, 3.63) is 64.3 Å². The van der Waals surface area contributed by atoms with Crippen LogP contribution >= 0.6 is 42.7 Å². The van der Waals surface area contributed by atoms with Gasteiger partial charge in [-0.15, -0.1) is 0 Å². The Morgan fingerprint density at radius 3 is 2.50 bits per heavy atom. The van der Waals surface area contributed by atoms with Crippen molar-refractivity contribution in [2.75, 3.05) is 10.6 Å². The van der Waals surface area contributed by atoms with Crippen molar-refractivity contribution < 1.29 is 14.4 Å². The molecule has 26 heavy (non-hydrogen) atoms. The Morgan fingerprint density at radius 1 is 1.15 bits per heavy atom. The van der Waals surface area contributed by atoms with Crippen LogP contribution in [0, 0.1) is 6.92 Å². The van der Waals surface area contributed by atoms with Crippen molar-refractivity contribution in [1.82, 2.24) is 4.98 Å². The fourth-order valence-corrected chi connectivity index (χ4v) is 5.18. The van der Waals surface area contributed by atoms with Crippen molar-refractivity contribution in [2.45, 2.75) is 11.8 Å². The van der Waals surface area contributed by atoms with Crippen LogP contribution in [-0.4, -0.2) is 21.1 Å². The zero-order valence-corrected chi connectivity index (χ0v) is 16.9. The number of fused-ring (bicyclic) bond motifs is 1. The van der Waals surface area contributed by atoms with Crippen LogP contribution in [-0.2, 0) is 4.57 Å². The van der Waals surface area contributed by atoms with E-state index < -0.39 is 13.9 Å². The molecule has 0 aliphatic heterocycles. The first-order chi connectivity index (χ1) is 12.2. The number of pyridine rings is 1. The highest BCUT2D eigenvalue weighted by atomic mass is 35.5. The Kier molecular flexibility index (Phi) is 5.82. The van der Waals surface area contributed by atoms with Gasteiger partial charge < -0.3 is 9.79 Å². The van der Waals surface area contributed by atoms with Gasteiger partial charge >= 0.3 is 7.60 Å². The maximum Gasteiger partial charge on any atom is 0.345 e. The maximum atomic E-state index is 11.7. The Balaban J connectivity index is 2.09. The predicted molar refractivity (Wildman–Crippen MR) is 108 cm³/mol. The minimum atomic E-state index is -4.32. The third-order valence-electron chi connectivity index (χ3n) is 3.47. The number of hydrogen-bond donors (Lipinski definition) is 2. The zero-order chi connectivity index (χ0) is 18.9. The first kappa shape index (κ1) is 19.5. The highest BCUT2D eigenvalue weighted by Gasteiger charge is 2.23. The van der Waals surface area contributed by atoms with E-state index in [0.717, 1.165) is 28.4 Å². The van der Waals surface area contributed by atoms with E-state index in [1.807, 2.05) is 19.1 Å². The fraction of sp³-hybridized carbons (Fsp3) is 0.118. The largest absolute Gasteiger partial charge is 0.345 e. The number of rotatable bonds is 5. The second kappa shape index (κ2) is 7.77. The van der Waals surface area contributed by atoms with Gasteiger partial charge in [-0.05, 0) is 60.8 Å². The van der Waals surface area contributed by atoms with Crippen LogP contribution in [0.3, 0.4) is 0 Å². The molecule has 0 fully saturated rings. The summed E-state index contributed by atoms with van der Waals surface area (Å²) >= 11 is 13.3. The molecule has 1 heterocycles. The van der Waals surface area contributed by atoms with Gasteiger partial charge in [-0.2, -0.15) is 0 Å². The average Bonchev–Trinajstić information content (AvgIpc) is 2.51. The molecule has 1 aromatic heterocycles. The topological polar surface area (TPSA) is 73.7 Å². The minimum absolute atomic E-state index is 0.451. The van der Waals surface area contributed by atoms with Gasteiger partial charge in [-0.25, -0.2) is 0 Å². The van der Waals surface area contributed by atoms with Crippen molar-refractivity contribution >= 4 is 59.3 Å². The van der Waals surface area contributed by atoms with Crippen LogP contribution in [0.15, 0.2) is 53.6 Å². The molecule has 3 aromatic rings. The first-order valence-corrected chi connectivity index (χ1v) is 10.9. The number of anilines is 1. The van der Waals surface area contributed by atoms with Gasteiger partial charge in [-0.3, -0.25) is 13.9 Å². The molecule has 9 heteroatoms. The molecule has 0 radical (unpaired) electrons. The molecule has 0 saturated carbocycles. The van der Waals surface area contributed by atoms with E-state index in [1.54, 1.807) is 40.8 Å². The van der Waals surface area contributed by atoms with E-state index in [1.165, 1.54) is 0 Å². The smallest absolute Gasteiger partial charge is 0.323 e. The van der Waals surface area contributed by atoms with E-state index in [0.29, 0.717) is 20.6 Å². The van der Waals surface area contributed by atoms with Gasteiger partial charge in [0, 0.05) is 26.5 Å². The van der Waals surface area contributed by atoms with Crippen molar-refractivity contribution in [1.29, 1.82) is 0 Å². The molecular formula is C17H15Cl2N2O3PS. The van der Waals surface area contributed by atoms with E-state index in [4.69, 9.17) is 23.2 Å². The molecule has 2 N–H and O–H groups in total. The number of nitrogens with zero attached hydrogens (tertiary/aromatic N) is 2. The highest BCUT2D eigenvalue weighted by molar-refractivity contribution is 8.01. The molecule has 3 rings (SSSR count). The van der Waals surface area contributed by atoms with Crippen LogP contribution in [0.5, 0.6) is 0 Å². The van der Waals surface area contributed by atoms with Crippen LogP contribution in [0.4, 0.5) is 5.69 Å². The van der Waals surface area contributed by atoms with Gasteiger partial charge in [0.05, 0.1) is 11.2 Å². The lowest BCUT2D eigenvalue weighted by atomic mass is 10.1. The molecule has 0 unspecified atom stereocenters. The lowest BCUT2D eigenvalue weighted by Crippen LogP contribution is -2.16. The van der Waals surface area contributed by atoms with Crippen molar-refractivity contribution in [3.8, 4) is 0 Å². The highest BCUT2D eigenvalue weighted by Crippen LogP contribution is 2.43. The second-order valence-corrected chi connectivity index (χ2v) is 9.32. The second-order valence-electron chi connectivity index (χ2n) is 5.74. The summed E-state index contributed by atoms with van der Waals surface area (Å²) < 4.78 is 13.3. The number of aromatic nitrogens is 1. The fourth-order valence-electron chi connectivity index (χ4n) is 2.49. The lowest BCUT2D eigenvalue weighted by Gasteiger charge is -2.25. The molecule has 5 nitrogen and oxygen atoms in total. The predicted octanol–water partition coefficient (Wildman–Crippen LogP) is 5.50. The summed E-state index contributed by atoms with van der Waals surface area (Å²) in [6.45, 7) is 1.92. The van der Waals surface area contributed by atoms with Crippen molar-refractivity contribution in [3.63, 3.8) is 0 Å². The Morgan fingerprint density at radius 2 is 1.85 bits per heavy atom. The summed E-state index contributed by atoms with van der Waals surface area (Å²) in [6.07, 6.45) is 1.29. The quantitative estimate of drug-likeness (QED) is 0.412. The summed E-state index contributed by atoms with van der Waals surface area (Å²) in [5.74, 6) is 0. The first-order valence-electron chi connectivity index (χ1n) is 7.53. The molecule has 0 aliphatic carbocycles. The summed E-state index contributed by atoms with van der Waals surface area (Å²) in [6, 6.07) is 12.4. The standard InChI is InChI=1S/C17H15Cl2N2O3PS/c1-11-5-15-16(20-9-11)3-2-4-17(15)21(10-25(22,23)24)26-14-7-12(18)6-13(19)8-14/h2-9H,10H2,1H3,(H2,22,23,24). The number of halogens is 2. The van der Waals surface area contributed by atoms with Gasteiger partial charge in [0.25, 0.3) is 0 Å². The van der Waals surface area contributed by atoms with Gasteiger partial charge in [-0.1, -0.05) is 29.3 Å². The Hall–Kier alpha value is -1.27. The molecule has 0 atom stereocenters. The molecule has 0 amide bonds. The molecule has 2 aromatic carbocycles. The van der Waals surface area contributed by atoms with Crippen LogP contribution in [0.1, 0.15) is 5.56 Å². The van der Waals surface area contributed by atoms with Crippen LogP contribution in [0.2, 0.25) is 10.0 Å². The van der Waals surface area contributed by atoms with Crippen LogP contribution in [0.25, 0.3) is 10.9 Å². The molecule has 0 aliphatic rings. The van der Waals surface area contributed by atoms with E-state index in [-0.39, 0.29) is 0 Å². The lowest BCUT2D eigenvalue weighted by molar-refractivity contribution is 0.374. The van der Waals surface area contributed by atoms with E-state index >= 15 is 0 Å². The molecule has 136 valence electrons. The Labute approximate surface area is 165 Å². The number of aryl methyl sites for hydroxylation is 1. The van der Waals surface area contributed by atoms with Crippen LogP contribution < -0.4 is 4.31 Å². The number of hydrogen-bond acceptors (Lipinski definition) is 4. The summed E-state index contributed by atoms with van der Waals surface area (Å²) in [5, 5.41) is 1.71. The monoisotopic (exact) mass is 428 g/mol. The van der Waals surface area contributed by atoms with Gasteiger partial charge in [0.15, 0.2) is 0 Å². The molecular weight excluding hydrogens is 414 g/mol. The molecule has 0 saturated heterocycles. The third kappa shape index (κ3) is 4.92. The number of benzene rings is 2. The maximum absolute atomic E-state index is 11.7. The van der Waals surface area contributed by atoms with Gasteiger partial charge in [0.2, 0.25) is 0 Å². The third-order valence-corrected chi connectivity index (χ3v) is 5.74. The normalized spacial score (nSPS) is 11.7. The van der Waals surface area contributed by atoms with Crippen molar-refractivity contribution in [2.24, 2.45) is 0 Å². The summed E-state index contributed by atoms with van der Waals surface area (Å²) in [4.78, 5) is 24.2. The van der Waals surface area contributed by atoms with Gasteiger partial charge in [0.1, 0.15) is 6.29 Å².